The number of aromatic nitrogens is 2. The van der Waals surface area contributed by atoms with Gasteiger partial charge in [0.2, 0.25) is 0 Å². The second-order valence-corrected chi connectivity index (χ2v) is 4.89. The van der Waals surface area contributed by atoms with Crippen LogP contribution in [-0.2, 0) is 13.0 Å². The minimum atomic E-state index is 0.821. The van der Waals surface area contributed by atoms with Gasteiger partial charge in [0, 0.05) is 22.1 Å². The van der Waals surface area contributed by atoms with Crippen molar-refractivity contribution in [1.82, 2.24) is 9.97 Å². The predicted molar refractivity (Wildman–Crippen MR) is 60.9 cm³/mol. The van der Waals surface area contributed by atoms with Crippen molar-refractivity contribution in [3.05, 3.63) is 27.7 Å². The Hall–Kier alpha value is -0.940. The Morgan fingerprint density at radius 1 is 1.36 bits per heavy atom. The summed E-state index contributed by atoms with van der Waals surface area (Å²) in [6.45, 7) is 2.96. The van der Waals surface area contributed by atoms with E-state index in [2.05, 4.69) is 22.2 Å². The summed E-state index contributed by atoms with van der Waals surface area (Å²) in [5.41, 5.74) is 1.84. The predicted octanol–water partition coefficient (Wildman–Crippen LogP) is 2.77. The Bertz CT molecular complexity index is 380. The van der Waals surface area contributed by atoms with Crippen LogP contribution in [0.5, 0.6) is 0 Å². The van der Waals surface area contributed by atoms with Gasteiger partial charge >= 0.3 is 0 Å². The van der Waals surface area contributed by atoms with Crippen molar-refractivity contribution in [2.75, 3.05) is 5.32 Å². The molecule has 0 saturated carbocycles. The van der Waals surface area contributed by atoms with E-state index >= 15 is 0 Å². The molecule has 2 heterocycles. The average molecular weight is 225 g/mol. The SMILES string of the molecule is CCc1cnc(NCc2cncs2)s1. The largest absolute Gasteiger partial charge is 0.357 e. The van der Waals surface area contributed by atoms with Crippen LogP contribution >= 0.6 is 22.7 Å². The zero-order valence-electron chi connectivity index (χ0n) is 7.86. The molecule has 0 aliphatic heterocycles. The minimum Gasteiger partial charge on any atom is -0.357 e. The number of anilines is 1. The molecule has 0 fully saturated rings. The van der Waals surface area contributed by atoms with E-state index in [4.69, 9.17) is 0 Å². The Labute approximate surface area is 90.9 Å². The van der Waals surface area contributed by atoms with Gasteiger partial charge in [0.05, 0.1) is 12.1 Å². The molecular weight excluding hydrogens is 214 g/mol. The summed E-state index contributed by atoms with van der Waals surface area (Å²) in [6.07, 6.45) is 4.87. The molecule has 0 amide bonds. The third-order valence-electron chi connectivity index (χ3n) is 1.80. The summed E-state index contributed by atoms with van der Waals surface area (Å²) < 4.78 is 0. The lowest BCUT2D eigenvalue weighted by Gasteiger charge is -1.97. The molecule has 0 atom stereocenters. The molecule has 14 heavy (non-hydrogen) atoms. The van der Waals surface area contributed by atoms with Crippen LogP contribution in [-0.4, -0.2) is 9.97 Å². The van der Waals surface area contributed by atoms with Gasteiger partial charge in [-0.15, -0.1) is 22.7 Å². The molecule has 0 aliphatic carbocycles. The standard InChI is InChI=1S/C9H11N3S2/c1-2-7-4-11-9(14-7)12-5-8-3-10-6-13-8/h3-4,6H,2,5H2,1H3,(H,11,12). The van der Waals surface area contributed by atoms with E-state index in [1.54, 1.807) is 22.7 Å². The van der Waals surface area contributed by atoms with E-state index in [0.717, 1.165) is 18.1 Å². The van der Waals surface area contributed by atoms with Gasteiger partial charge in [-0.05, 0) is 6.42 Å². The molecule has 0 saturated heterocycles. The highest BCUT2D eigenvalue weighted by Gasteiger charge is 2.00. The van der Waals surface area contributed by atoms with Gasteiger partial charge in [-0.3, -0.25) is 4.98 Å². The maximum absolute atomic E-state index is 4.28. The first-order valence-corrected chi connectivity index (χ1v) is 6.14. The van der Waals surface area contributed by atoms with Gasteiger partial charge < -0.3 is 5.32 Å². The number of rotatable bonds is 4. The van der Waals surface area contributed by atoms with E-state index in [0.29, 0.717) is 0 Å². The number of nitrogens with one attached hydrogen (secondary N) is 1. The van der Waals surface area contributed by atoms with E-state index in [1.807, 2.05) is 17.9 Å². The van der Waals surface area contributed by atoms with E-state index in [9.17, 15) is 0 Å². The highest BCUT2D eigenvalue weighted by Crippen LogP contribution is 2.19. The molecule has 0 radical (unpaired) electrons. The van der Waals surface area contributed by atoms with Crippen LogP contribution < -0.4 is 5.32 Å². The van der Waals surface area contributed by atoms with E-state index in [-0.39, 0.29) is 0 Å². The summed E-state index contributed by atoms with van der Waals surface area (Å²) in [6, 6.07) is 0. The fraction of sp³-hybridized carbons (Fsp3) is 0.333. The van der Waals surface area contributed by atoms with E-state index in [1.165, 1.54) is 9.75 Å². The van der Waals surface area contributed by atoms with Crippen LogP contribution in [0.2, 0.25) is 0 Å². The second-order valence-electron chi connectivity index (χ2n) is 2.81. The fourth-order valence-corrected chi connectivity index (χ4v) is 2.33. The Morgan fingerprint density at radius 2 is 2.29 bits per heavy atom. The highest BCUT2D eigenvalue weighted by molar-refractivity contribution is 7.15. The third-order valence-corrected chi connectivity index (χ3v) is 3.68. The van der Waals surface area contributed by atoms with Gasteiger partial charge in [-0.2, -0.15) is 0 Å². The average Bonchev–Trinajstić information content (AvgIpc) is 2.86. The quantitative estimate of drug-likeness (QED) is 0.869. The fourth-order valence-electron chi connectivity index (χ4n) is 1.04. The van der Waals surface area contributed by atoms with Crippen molar-refractivity contribution < 1.29 is 0 Å². The first kappa shape index (κ1) is 9.61. The minimum absolute atomic E-state index is 0.821. The van der Waals surface area contributed by atoms with Gasteiger partial charge in [-0.1, -0.05) is 6.92 Å². The summed E-state index contributed by atoms with van der Waals surface area (Å²) in [5.74, 6) is 0. The van der Waals surface area contributed by atoms with Crippen LogP contribution in [0.1, 0.15) is 16.7 Å². The van der Waals surface area contributed by atoms with Crippen molar-refractivity contribution in [2.24, 2.45) is 0 Å². The van der Waals surface area contributed by atoms with Gasteiger partial charge in [0.1, 0.15) is 0 Å². The summed E-state index contributed by atoms with van der Waals surface area (Å²) >= 11 is 3.37. The molecule has 0 aliphatic rings. The molecule has 74 valence electrons. The van der Waals surface area contributed by atoms with Crippen molar-refractivity contribution in [3.63, 3.8) is 0 Å². The number of nitrogens with zero attached hydrogens (tertiary/aromatic N) is 2. The lowest BCUT2D eigenvalue weighted by molar-refractivity contribution is 1.14. The summed E-state index contributed by atoms with van der Waals surface area (Å²) in [4.78, 5) is 10.8. The van der Waals surface area contributed by atoms with Crippen molar-refractivity contribution in [3.8, 4) is 0 Å². The lowest BCUT2D eigenvalue weighted by atomic mass is 10.4. The Morgan fingerprint density at radius 3 is 2.93 bits per heavy atom. The molecule has 0 spiro atoms. The molecule has 3 nitrogen and oxygen atoms in total. The first-order chi connectivity index (χ1) is 6.88. The molecule has 0 unspecified atom stereocenters. The van der Waals surface area contributed by atoms with Gasteiger partial charge in [0.15, 0.2) is 5.13 Å². The molecule has 0 bridgehead atoms. The van der Waals surface area contributed by atoms with Crippen molar-refractivity contribution >= 4 is 27.8 Å². The zero-order valence-corrected chi connectivity index (χ0v) is 9.49. The zero-order chi connectivity index (χ0) is 9.80. The summed E-state index contributed by atoms with van der Waals surface area (Å²) in [5, 5.41) is 4.28. The van der Waals surface area contributed by atoms with Gasteiger partial charge in [-0.25, -0.2) is 4.98 Å². The second kappa shape index (κ2) is 4.52. The van der Waals surface area contributed by atoms with Gasteiger partial charge in [0.25, 0.3) is 0 Å². The molecular formula is C9H11N3S2. The smallest absolute Gasteiger partial charge is 0.183 e. The van der Waals surface area contributed by atoms with Crippen LogP contribution in [0.15, 0.2) is 17.9 Å². The normalized spacial score (nSPS) is 10.4. The lowest BCUT2D eigenvalue weighted by Crippen LogP contribution is -1.95. The van der Waals surface area contributed by atoms with Crippen molar-refractivity contribution in [1.29, 1.82) is 0 Å². The van der Waals surface area contributed by atoms with Crippen LogP contribution in [0.3, 0.4) is 0 Å². The molecule has 0 aromatic carbocycles. The Balaban J connectivity index is 1.92. The van der Waals surface area contributed by atoms with Crippen LogP contribution in [0.4, 0.5) is 5.13 Å². The number of thiazole rings is 2. The molecule has 2 aromatic heterocycles. The first-order valence-electron chi connectivity index (χ1n) is 4.44. The van der Waals surface area contributed by atoms with E-state index < -0.39 is 0 Å². The number of aryl methyl sites for hydroxylation is 1. The van der Waals surface area contributed by atoms with Crippen LogP contribution in [0.25, 0.3) is 0 Å². The molecule has 2 rings (SSSR count). The molecule has 5 heteroatoms. The Kier molecular flexibility index (Phi) is 3.10. The maximum Gasteiger partial charge on any atom is 0.183 e. The monoisotopic (exact) mass is 225 g/mol. The topological polar surface area (TPSA) is 37.8 Å². The summed E-state index contributed by atoms with van der Waals surface area (Å²) in [7, 11) is 0. The molecule has 1 N–H and O–H groups in total. The number of hydrogen-bond donors (Lipinski definition) is 1. The highest BCUT2D eigenvalue weighted by atomic mass is 32.1. The van der Waals surface area contributed by atoms with Crippen LogP contribution in [0, 0.1) is 0 Å². The third kappa shape index (κ3) is 2.30. The molecule has 2 aromatic rings. The number of hydrogen-bond acceptors (Lipinski definition) is 5. The van der Waals surface area contributed by atoms with Crippen molar-refractivity contribution in [2.45, 2.75) is 19.9 Å². The maximum atomic E-state index is 4.28.